The summed E-state index contributed by atoms with van der Waals surface area (Å²) in [7, 11) is 3.57. The maximum Gasteiger partial charge on any atom is 0.246 e. The summed E-state index contributed by atoms with van der Waals surface area (Å²) < 4.78 is 12.6. The van der Waals surface area contributed by atoms with Crippen molar-refractivity contribution in [1.82, 2.24) is 9.80 Å². The Morgan fingerprint density at radius 2 is 2.11 bits per heavy atom. The first-order chi connectivity index (χ1) is 18.4. The third-order valence-corrected chi connectivity index (χ3v) is 10.2. The molecule has 3 fully saturated rings. The number of carbonyl (C=O) groups excluding carboxylic acids is 1. The van der Waals surface area contributed by atoms with E-state index in [1.54, 1.807) is 19.3 Å². The van der Waals surface area contributed by atoms with Crippen molar-refractivity contribution < 1.29 is 19.4 Å². The van der Waals surface area contributed by atoms with Crippen LogP contribution in [0.3, 0.4) is 0 Å². The van der Waals surface area contributed by atoms with Gasteiger partial charge in [0.2, 0.25) is 5.91 Å². The van der Waals surface area contributed by atoms with Crippen molar-refractivity contribution in [3.63, 3.8) is 0 Å². The van der Waals surface area contributed by atoms with Crippen LogP contribution in [0.1, 0.15) is 54.4 Å². The number of aryl methyl sites for hydroxylation is 1. The second kappa shape index (κ2) is 8.77. The standard InChI is InChI=1S/C32H38N2O4/c1-19-5-4-6-20(15-19)9-12-28(36)33(2)24-11-10-23-25-16-22-26(35)17-27(37-3)30-29(22)32(23,31(24)38-30)13-14-34(25)18-21-7-8-21/h4-6,9,12,15,17,21,23-25,31,35H,7-8,10-11,13-14,16,18H2,1-3H3/t23-,24+,25+,31-,32-/m0/s1. The molecule has 1 spiro atoms. The smallest absolute Gasteiger partial charge is 0.246 e. The Balaban J connectivity index is 1.25. The highest BCUT2D eigenvalue weighted by atomic mass is 16.5. The van der Waals surface area contributed by atoms with E-state index in [-0.39, 0.29) is 23.5 Å². The Hall–Kier alpha value is -2.99. The van der Waals surface area contributed by atoms with Gasteiger partial charge < -0.3 is 19.5 Å². The van der Waals surface area contributed by atoms with Gasteiger partial charge in [0.1, 0.15) is 11.9 Å². The summed E-state index contributed by atoms with van der Waals surface area (Å²) in [6.45, 7) is 4.28. The molecule has 1 N–H and O–H groups in total. The largest absolute Gasteiger partial charge is 0.508 e. The number of benzene rings is 2. The lowest BCUT2D eigenvalue weighted by Gasteiger charge is -2.60. The fourth-order valence-corrected chi connectivity index (χ4v) is 8.28. The molecule has 2 heterocycles. The average Bonchev–Trinajstić information content (AvgIpc) is 3.67. The van der Waals surface area contributed by atoms with Gasteiger partial charge in [-0.2, -0.15) is 0 Å². The summed E-state index contributed by atoms with van der Waals surface area (Å²) in [6, 6.07) is 10.3. The average molecular weight is 515 g/mol. The Kier molecular flexibility index (Phi) is 5.56. The molecule has 6 heteroatoms. The molecule has 2 aromatic rings. The number of ether oxygens (including phenoxy) is 2. The van der Waals surface area contributed by atoms with Crippen LogP contribution in [0.15, 0.2) is 36.4 Å². The number of likely N-dealkylation sites (N-methyl/N-ethyl adjacent to an activating group) is 1. The van der Waals surface area contributed by atoms with Gasteiger partial charge >= 0.3 is 0 Å². The summed E-state index contributed by atoms with van der Waals surface area (Å²) in [6.07, 6.45) is 10.00. The third-order valence-electron chi connectivity index (χ3n) is 10.2. The Morgan fingerprint density at radius 3 is 2.87 bits per heavy atom. The van der Waals surface area contributed by atoms with Gasteiger partial charge in [0, 0.05) is 48.3 Å². The molecule has 7 rings (SSSR count). The van der Waals surface area contributed by atoms with Crippen LogP contribution in [0.4, 0.5) is 0 Å². The van der Waals surface area contributed by atoms with Gasteiger partial charge in [0.25, 0.3) is 0 Å². The van der Waals surface area contributed by atoms with E-state index in [1.807, 2.05) is 30.2 Å². The van der Waals surface area contributed by atoms with Crippen molar-refractivity contribution in [3.05, 3.63) is 58.7 Å². The minimum Gasteiger partial charge on any atom is -0.508 e. The summed E-state index contributed by atoms with van der Waals surface area (Å²) in [5, 5.41) is 11.2. The monoisotopic (exact) mass is 514 g/mol. The van der Waals surface area contributed by atoms with Gasteiger partial charge in [-0.25, -0.2) is 0 Å². The molecule has 2 bridgehead atoms. The summed E-state index contributed by atoms with van der Waals surface area (Å²) in [5.74, 6) is 3.03. The quantitative estimate of drug-likeness (QED) is 0.567. The van der Waals surface area contributed by atoms with Crippen LogP contribution < -0.4 is 9.47 Å². The molecule has 5 atom stereocenters. The van der Waals surface area contributed by atoms with Crippen LogP contribution >= 0.6 is 0 Å². The third kappa shape index (κ3) is 3.52. The lowest BCUT2D eigenvalue weighted by molar-refractivity contribution is -0.135. The molecule has 38 heavy (non-hydrogen) atoms. The number of phenols is 1. The second-order valence-corrected chi connectivity index (χ2v) is 12.3. The molecule has 5 aliphatic rings. The number of likely N-dealkylation sites (tertiary alicyclic amines) is 1. The van der Waals surface area contributed by atoms with Gasteiger partial charge in [-0.1, -0.05) is 29.8 Å². The molecular formula is C32H38N2O4. The van der Waals surface area contributed by atoms with Crippen LogP contribution in [-0.4, -0.2) is 66.2 Å². The van der Waals surface area contributed by atoms with E-state index in [2.05, 4.69) is 24.0 Å². The lowest BCUT2D eigenvalue weighted by atomic mass is 9.50. The lowest BCUT2D eigenvalue weighted by Crippen LogP contribution is -2.69. The van der Waals surface area contributed by atoms with Gasteiger partial charge in [0.05, 0.1) is 13.2 Å². The number of amides is 1. The van der Waals surface area contributed by atoms with Gasteiger partial charge in [-0.3, -0.25) is 9.69 Å². The van der Waals surface area contributed by atoms with E-state index in [9.17, 15) is 9.90 Å². The first-order valence-corrected chi connectivity index (χ1v) is 14.3. The molecule has 200 valence electrons. The Labute approximate surface area is 225 Å². The van der Waals surface area contributed by atoms with E-state index in [0.29, 0.717) is 23.5 Å². The second-order valence-electron chi connectivity index (χ2n) is 12.3. The number of methoxy groups -OCH3 is 1. The number of phenolic OH excluding ortho intramolecular Hbond substituents is 1. The molecular weight excluding hydrogens is 476 g/mol. The molecule has 6 nitrogen and oxygen atoms in total. The van der Waals surface area contributed by atoms with Gasteiger partial charge in [-0.05, 0) is 75.5 Å². The molecule has 0 aromatic heterocycles. The van der Waals surface area contributed by atoms with Crippen molar-refractivity contribution in [2.45, 2.75) is 69.1 Å². The van der Waals surface area contributed by atoms with Crippen LogP contribution in [0, 0.1) is 18.8 Å². The van der Waals surface area contributed by atoms with E-state index < -0.39 is 0 Å². The Bertz CT molecular complexity index is 1320. The van der Waals surface area contributed by atoms with E-state index in [4.69, 9.17) is 9.47 Å². The Morgan fingerprint density at radius 1 is 1.26 bits per heavy atom. The summed E-state index contributed by atoms with van der Waals surface area (Å²) >= 11 is 0. The van der Waals surface area contributed by atoms with Gasteiger partial charge in [0.15, 0.2) is 11.5 Å². The summed E-state index contributed by atoms with van der Waals surface area (Å²) in [5.41, 5.74) is 4.22. The fourth-order valence-electron chi connectivity index (χ4n) is 8.28. The zero-order valence-electron chi connectivity index (χ0n) is 22.7. The van der Waals surface area contributed by atoms with Crippen LogP contribution in [0.25, 0.3) is 6.08 Å². The van der Waals surface area contributed by atoms with Crippen molar-refractivity contribution in [2.24, 2.45) is 11.8 Å². The predicted octanol–water partition coefficient (Wildman–Crippen LogP) is 4.70. The minimum absolute atomic E-state index is 0.000485. The highest BCUT2D eigenvalue weighted by Gasteiger charge is 2.67. The summed E-state index contributed by atoms with van der Waals surface area (Å²) in [4.78, 5) is 18.1. The maximum atomic E-state index is 13.5. The van der Waals surface area contributed by atoms with Crippen LogP contribution in [-0.2, 0) is 16.6 Å². The number of hydrogen-bond donors (Lipinski definition) is 1. The maximum absolute atomic E-state index is 13.5. The molecule has 1 amide bonds. The van der Waals surface area contributed by atoms with Crippen molar-refractivity contribution in [2.75, 3.05) is 27.2 Å². The van der Waals surface area contributed by atoms with Gasteiger partial charge in [-0.15, -0.1) is 0 Å². The topological polar surface area (TPSA) is 62.2 Å². The number of carbonyl (C=O) groups is 1. The highest BCUT2D eigenvalue weighted by Crippen LogP contribution is 2.65. The zero-order valence-corrected chi connectivity index (χ0v) is 22.7. The number of aromatic hydroxyl groups is 1. The van der Waals surface area contributed by atoms with Crippen LogP contribution in [0.5, 0.6) is 17.2 Å². The fraction of sp³-hybridized carbons (Fsp3) is 0.531. The number of piperidine rings is 1. The van der Waals surface area contributed by atoms with Crippen molar-refractivity contribution >= 4 is 12.0 Å². The SMILES string of the molecule is COc1cc(O)c2c3c1O[C@H]1[C@H](N(C)C(=O)C=Cc4cccc(C)c4)CC[C@H]4[C@@H](C2)N(CC2CC2)CC[C@@]341. The molecule has 1 saturated heterocycles. The number of rotatable bonds is 6. The molecule has 0 radical (unpaired) electrons. The first-order valence-electron chi connectivity index (χ1n) is 14.3. The van der Waals surface area contributed by atoms with E-state index in [0.717, 1.165) is 55.0 Å². The minimum atomic E-state index is -0.197. The zero-order chi connectivity index (χ0) is 26.2. The van der Waals surface area contributed by atoms with E-state index >= 15 is 0 Å². The van der Waals surface area contributed by atoms with E-state index in [1.165, 1.54) is 30.5 Å². The molecule has 3 aliphatic carbocycles. The molecule has 2 aliphatic heterocycles. The molecule has 2 aromatic carbocycles. The highest BCUT2D eigenvalue weighted by molar-refractivity contribution is 5.92. The number of nitrogens with zero attached hydrogens (tertiary/aromatic N) is 2. The first kappa shape index (κ1) is 24.1. The normalized spacial score (nSPS) is 31.1. The van der Waals surface area contributed by atoms with Crippen LogP contribution in [0.2, 0.25) is 0 Å². The van der Waals surface area contributed by atoms with Crippen molar-refractivity contribution in [1.29, 1.82) is 0 Å². The molecule has 2 saturated carbocycles. The van der Waals surface area contributed by atoms with Crippen molar-refractivity contribution in [3.8, 4) is 17.2 Å². The number of hydrogen-bond acceptors (Lipinski definition) is 5. The molecule has 0 unspecified atom stereocenters. The predicted molar refractivity (Wildman–Crippen MR) is 147 cm³/mol.